The second-order valence-corrected chi connectivity index (χ2v) is 2.93. The molecular formula is C8H18N2. The Balaban J connectivity index is 3.68. The molecule has 0 heterocycles. The SMILES string of the molecule is C=CNN(C)[C@@H](C)C(C)C. The topological polar surface area (TPSA) is 15.3 Å². The Morgan fingerprint density at radius 2 is 1.90 bits per heavy atom. The minimum atomic E-state index is 0.540. The molecule has 1 atom stereocenters. The maximum atomic E-state index is 3.59. The van der Waals surface area contributed by atoms with Crippen molar-refractivity contribution in [2.75, 3.05) is 7.05 Å². The summed E-state index contributed by atoms with van der Waals surface area (Å²) in [6, 6.07) is 0.540. The van der Waals surface area contributed by atoms with Gasteiger partial charge in [-0.05, 0) is 12.8 Å². The lowest BCUT2D eigenvalue weighted by Gasteiger charge is -2.27. The van der Waals surface area contributed by atoms with Crippen LogP contribution in [0.2, 0.25) is 0 Å². The third-order valence-electron chi connectivity index (χ3n) is 1.87. The van der Waals surface area contributed by atoms with Crippen LogP contribution in [-0.2, 0) is 0 Å². The van der Waals surface area contributed by atoms with Crippen molar-refractivity contribution in [1.29, 1.82) is 0 Å². The number of hydrogen-bond acceptors (Lipinski definition) is 2. The van der Waals surface area contributed by atoms with Crippen molar-refractivity contribution in [3.8, 4) is 0 Å². The lowest BCUT2D eigenvalue weighted by molar-refractivity contribution is 0.166. The summed E-state index contributed by atoms with van der Waals surface area (Å²) in [6.45, 7) is 10.2. The molecule has 0 fully saturated rings. The Morgan fingerprint density at radius 1 is 1.40 bits per heavy atom. The van der Waals surface area contributed by atoms with Crippen LogP contribution < -0.4 is 5.43 Å². The molecule has 60 valence electrons. The van der Waals surface area contributed by atoms with E-state index in [0.29, 0.717) is 12.0 Å². The van der Waals surface area contributed by atoms with Gasteiger partial charge < -0.3 is 5.43 Å². The number of nitrogens with zero attached hydrogens (tertiary/aromatic N) is 1. The normalized spacial score (nSPS) is 13.8. The van der Waals surface area contributed by atoms with Crippen molar-refractivity contribution >= 4 is 0 Å². The Hall–Kier alpha value is -0.500. The van der Waals surface area contributed by atoms with Crippen molar-refractivity contribution in [2.24, 2.45) is 5.92 Å². The molecule has 0 unspecified atom stereocenters. The molecule has 0 spiro atoms. The largest absolute Gasteiger partial charge is 0.327 e. The molecular weight excluding hydrogens is 124 g/mol. The highest BCUT2D eigenvalue weighted by atomic mass is 15.5. The standard InChI is InChI=1S/C8H18N2/c1-6-9-10(5)8(4)7(2)3/h6-9H,1H2,2-5H3/t8-/m0/s1. The molecule has 0 aliphatic heterocycles. The monoisotopic (exact) mass is 142 g/mol. The van der Waals surface area contributed by atoms with Crippen LogP contribution in [0.3, 0.4) is 0 Å². The van der Waals surface area contributed by atoms with E-state index in [9.17, 15) is 0 Å². The highest BCUT2D eigenvalue weighted by Crippen LogP contribution is 2.04. The molecule has 0 aromatic carbocycles. The van der Waals surface area contributed by atoms with Gasteiger partial charge in [0, 0.05) is 19.3 Å². The molecule has 2 heteroatoms. The minimum absolute atomic E-state index is 0.540. The lowest BCUT2D eigenvalue weighted by atomic mass is 10.1. The first-order valence-electron chi connectivity index (χ1n) is 3.69. The molecule has 0 bridgehead atoms. The van der Waals surface area contributed by atoms with Crippen LogP contribution >= 0.6 is 0 Å². The highest BCUT2D eigenvalue weighted by molar-refractivity contribution is 4.67. The van der Waals surface area contributed by atoms with Gasteiger partial charge in [0.2, 0.25) is 0 Å². The Kier molecular flexibility index (Phi) is 4.12. The minimum Gasteiger partial charge on any atom is -0.327 e. The molecule has 0 radical (unpaired) electrons. The first-order valence-corrected chi connectivity index (χ1v) is 3.69. The fourth-order valence-electron chi connectivity index (χ4n) is 0.709. The van der Waals surface area contributed by atoms with Gasteiger partial charge in [0.15, 0.2) is 0 Å². The second-order valence-electron chi connectivity index (χ2n) is 2.93. The molecule has 1 N–H and O–H groups in total. The van der Waals surface area contributed by atoms with Crippen LogP contribution in [0.1, 0.15) is 20.8 Å². The predicted octanol–water partition coefficient (Wildman–Crippen LogP) is 1.61. The van der Waals surface area contributed by atoms with E-state index in [4.69, 9.17) is 0 Å². The van der Waals surface area contributed by atoms with Crippen molar-refractivity contribution in [3.05, 3.63) is 12.8 Å². The number of nitrogens with one attached hydrogen (secondary N) is 1. The Bertz CT molecular complexity index is 99.4. The zero-order valence-electron chi connectivity index (χ0n) is 7.39. The van der Waals surface area contributed by atoms with Crippen molar-refractivity contribution in [3.63, 3.8) is 0 Å². The summed E-state index contributed by atoms with van der Waals surface area (Å²) in [5.74, 6) is 0.664. The summed E-state index contributed by atoms with van der Waals surface area (Å²) >= 11 is 0. The smallest absolute Gasteiger partial charge is 0.0282 e. The quantitative estimate of drug-likeness (QED) is 0.600. The zero-order chi connectivity index (χ0) is 8.15. The van der Waals surface area contributed by atoms with Gasteiger partial charge in [-0.2, -0.15) is 0 Å². The fraction of sp³-hybridized carbons (Fsp3) is 0.750. The molecule has 0 amide bonds. The molecule has 0 aliphatic carbocycles. The van der Waals surface area contributed by atoms with Gasteiger partial charge in [0.1, 0.15) is 0 Å². The van der Waals surface area contributed by atoms with E-state index in [1.54, 1.807) is 6.20 Å². The third-order valence-corrected chi connectivity index (χ3v) is 1.87. The van der Waals surface area contributed by atoms with E-state index in [0.717, 1.165) is 0 Å². The molecule has 10 heavy (non-hydrogen) atoms. The van der Waals surface area contributed by atoms with Crippen LogP contribution in [0.5, 0.6) is 0 Å². The van der Waals surface area contributed by atoms with Crippen LogP contribution in [-0.4, -0.2) is 18.1 Å². The lowest BCUT2D eigenvalue weighted by Crippen LogP contribution is -2.40. The van der Waals surface area contributed by atoms with E-state index in [1.807, 2.05) is 7.05 Å². The van der Waals surface area contributed by atoms with E-state index < -0.39 is 0 Å². The zero-order valence-corrected chi connectivity index (χ0v) is 7.39. The van der Waals surface area contributed by atoms with Gasteiger partial charge in [0.25, 0.3) is 0 Å². The molecule has 0 saturated heterocycles. The summed E-state index contributed by atoms with van der Waals surface area (Å²) < 4.78 is 0. The Morgan fingerprint density at radius 3 is 2.20 bits per heavy atom. The number of hydrogen-bond donors (Lipinski definition) is 1. The van der Waals surface area contributed by atoms with Gasteiger partial charge >= 0.3 is 0 Å². The van der Waals surface area contributed by atoms with Crippen LogP contribution in [0, 0.1) is 5.92 Å². The maximum absolute atomic E-state index is 3.59. The van der Waals surface area contributed by atoms with Gasteiger partial charge in [-0.1, -0.05) is 20.4 Å². The van der Waals surface area contributed by atoms with Crippen molar-refractivity contribution in [1.82, 2.24) is 10.4 Å². The molecule has 2 nitrogen and oxygen atoms in total. The Labute approximate surface area is 63.9 Å². The van der Waals surface area contributed by atoms with Crippen LogP contribution in [0.25, 0.3) is 0 Å². The first kappa shape index (κ1) is 9.50. The summed E-state index contributed by atoms with van der Waals surface area (Å²) in [7, 11) is 2.02. The summed E-state index contributed by atoms with van der Waals surface area (Å²) in [4.78, 5) is 0. The highest BCUT2D eigenvalue weighted by Gasteiger charge is 2.10. The number of rotatable bonds is 4. The van der Waals surface area contributed by atoms with Gasteiger partial charge in [-0.3, -0.25) is 0 Å². The van der Waals surface area contributed by atoms with Crippen LogP contribution in [0.4, 0.5) is 0 Å². The van der Waals surface area contributed by atoms with Crippen molar-refractivity contribution < 1.29 is 0 Å². The average Bonchev–Trinajstić information content (AvgIpc) is 1.87. The second kappa shape index (κ2) is 4.34. The molecule has 0 aromatic heterocycles. The third kappa shape index (κ3) is 2.87. The maximum Gasteiger partial charge on any atom is 0.0282 e. The average molecular weight is 142 g/mol. The van der Waals surface area contributed by atoms with Gasteiger partial charge in [-0.25, -0.2) is 5.01 Å². The predicted molar refractivity (Wildman–Crippen MR) is 45.4 cm³/mol. The van der Waals surface area contributed by atoms with Crippen LogP contribution in [0.15, 0.2) is 12.8 Å². The first-order chi connectivity index (χ1) is 4.59. The summed E-state index contributed by atoms with van der Waals surface area (Å²) in [6.07, 6.45) is 1.69. The molecule has 0 aromatic rings. The summed E-state index contributed by atoms with van der Waals surface area (Å²) in [5.41, 5.74) is 3.02. The summed E-state index contributed by atoms with van der Waals surface area (Å²) in [5, 5.41) is 2.05. The van der Waals surface area contributed by atoms with Gasteiger partial charge in [0.05, 0.1) is 0 Å². The molecule has 0 aliphatic rings. The van der Waals surface area contributed by atoms with E-state index in [2.05, 4.69) is 37.8 Å². The van der Waals surface area contributed by atoms with Gasteiger partial charge in [-0.15, -0.1) is 0 Å². The molecule has 0 saturated carbocycles. The number of hydrazine groups is 1. The van der Waals surface area contributed by atoms with E-state index >= 15 is 0 Å². The molecule has 0 rings (SSSR count). The van der Waals surface area contributed by atoms with E-state index in [-0.39, 0.29) is 0 Å². The fourth-order valence-corrected chi connectivity index (χ4v) is 0.709. The van der Waals surface area contributed by atoms with Crippen molar-refractivity contribution in [2.45, 2.75) is 26.8 Å². The van der Waals surface area contributed by atoms with E-state index in [1.165, 1.54) is 0 Å².